The number of nitrogens with zero attached hydrogens (tertiary/aromatic N) is 2. The molecule has 4 heteroatoms. The largest absolute Gasteiger partial charge is 0.339 e. The van der Waals surface area contributed by atoms with Crippen LogP contribution in [-0.4, -0.2) is 28.4 Å². The van der Waals surface area contributed by atoms with Crippen molar-refractivity contribution < 1.29 is 4.79 Å². The average molecular weight is 367 g/mol. The molecular formula is C22H23ClN2O. The number of benzene rings is 1. The summed E-state index contributed by atoms with van der Waals surface area (Å²) in [4.78, 5) is 18.3. The molecule has 1 fully saturated rings. The fourth-order valence-corrected chi connectivity index (χ4v) is 4.33. The Hall–Kier alpha value is -2.13. The van der Waals surface area contributed by atoms with E-state index in [-0.39, 0.29) is 0 Å². The lowest BCUT2D eigenvalue weighted by molar-refractivity contribution is -0.129. The zero-order valence-electron chi connectivity index (χ0n) is 14.8. The molecule has 0 N–H and O–H groups in total. The molecule has 3 nitrogen and oxygen atoms in total. The van der Waals surface area contributed by atoms with Crippen LogP contribution in [0.15, 0.2) is 54.4 Å². The Morgan fingerprint density at radius 2 is 2.15 bits per heavy atom. The first-order valence-corrected chi connectivity index (χ1v) is 9.75. The van der Waals surface area contributed by atoms with E-state index in [1.165, 1.54) is 5.57 Å². The van der Waals surface area contributed by atoms with Crippen molar-refractivity contribution in [3.8, 4) is 11.1 Å². The molecule has 134 valence electrons. The van der Waals surface area contributed by atoms with Gasteiger partial charge < -0.3 is 4.90 Å². The number of likely N-dealkylation sites (tertiary alicyclic amines) is 1. The fourth-order valence-electron chi connectivity index (χ4n) is 4.08. The van der Waals surface area contributed by atoms with Crippen molar-refractivity contribution in [3.05, 3.63) is 65.0 Å². The lowest BCUT2D eigenvalue weighted by atomic mass is 9.89. The Morgan fingerprint density at radius 3 is 2.88 bits per heavy atom. The van der Waals surface area contributed by atoms with Crippen LogP contribution in [0.4, 0.5) is 0 Å². The van der Waals surface area contributed by atoms with E-state index in [9.17, 15) is 4.79 Å². The van der Waals surface area contributed by atoms with E-state index in [2.05, 4.69) is 28.1 Å². The molecule has 1 aliphatic carbocycles. The summed E-state index contributed by atoms with van der Waals surface area (Å²) in [6, 6.07) is 10.6. The van der Waals surface area contributed by atoms with Crippen LogP contribution in [0.3, 0.4) is 0 Å². The van der Waals surface area contributed by atoms with Crippen molar-refractivity contribution in [3.63, 3.8) is 0 Å². The molecular weight excluding hydrogens is 344 g/mol. The van der Waals surface area contributed by atoms with Crippen molar-refractivity contribution in [2.75, 3.05) is 6.54 Å². The van der Waals surface area contributed by atoms with Gasteiger partial charge in [-0.05, 0) is 55.4 Å². The number of allylic oxidation sites excluding steroid dienone is 1. The molecule has 1 atom stereocenters. The van der Waals surface area contributed by atoms with Crippen LogP contribution in [-0.2, 0) is 11.2 Å². The summed E-state index contributed by atoms with van der Waals surface area (Å²) in [5, 5.41) is 0.798. The normalized spacial score (nSPS) is 20.3. The molecule has 0 saturated carbocycles. The maximum absolute atomic E-state index is 12.0. The maximum Gasteiger partial charge on any atom is 0.222 e. The SMILES string of the molecule is O=C1CCCN1C1CCC=C(Cc2ccc(-c3cccnc3)cc2Cl)C1. The Kier molecular flexibility index (Phi) is 5.07. The first-order chi connectivity index (χ1) is 12.7. The zero-order chi connectivity index (χ0) is 17.9. The van der Waals surface area contributed by atoms with Gasteiger partial charge in [0.1, 0.15) is 0 Å². The first-order valence-electron chi connectivity index (χ1n) is 9.37. The Morgan fingerprint density at radius 1 is 1.23 bits per heavy atom. The average Bonchev–Trinajstić information content (AvgIpc) is 3.10. The second kappa shape index (κ2) is 7.63. The van der Waals surface area contributed by atoms with Gasteiger partial charge in [0.15, 0.2) is 0 Å². The van der Waals surface area contributed by atoms with E-state index >= 15 is 0 Å². The maximum atomic E-state index is 12.0. The third kappa shape index (κ3) is 3.68. The molecule has 4 rings (SSSR count). The monoisotopic (exact) mass is 366 g/mol. The van der Waals surface area contributed by atoms with Crippen molar-refractivity contribution in [2.24, 2.45) is 0 Å². The van der Waals surface area contributed by atoms with E-state index in [1.807, 2.05) is 24.4 Å². The van der Waals surface area contributed by atoms with Crippen molar-refractivity contribution in [1.29, 1.82) is 0 Å². The highest BCUT2D eigenvalue weighted by atomic mass is 35.5. The fraction of sp³-hybridized carbons (Fsp3) is 0.364. The summed E-state index contributed by atoms with van der Waals surface area (Å²) in [6.45, 7) is 0.928. The molecule has 2 aromatic rings. The summed E-state index contributed by atoms with van der Waals surface area (Å²) in [5.74, 6) is 0.329. The van der Waals surface area contributed by atoms with E-state index in [4.69, 9.17) is 11.6 Å². The van der Waals surface area contributed by atoms with Crippen LogP contribution >= 0.6 is 11.6 Å². The number of pyridine rings is 1. The predicted octanol–water partition coefficient (Wildman–Crippen LogP) is 5.05. The number of carbonyl (C=O) groups excluding carboxylic acids is 1. The van der Waals surface area contributed by atoms with Gasteiger partial charge in [-0.2, -0.15) is 0 Å². The van der Waals surface area contributed by atoms with Gasteiger partial charge in [0.25, 0.3) is 0 Å². The Labute approximate surface area is 159 Å². The summed E-state index contributed by atoms with van der Waals surface area (Å²) >= 11 is 6.57. The highest BCUT2D eigenvalue weighted by molar-refractivity contribution is 6.31. The minimum atomic E-state index is 0.329. The van der Waals surface area contributed by atoms with E-state index in [0.29, 0.717) is 11.9 Å². The van der Waals surface area contributed by atoms with E-state index in [0.717, 1.165) is 66.8 Å². The van der Waals surface area contributed by atoms with Crippen LogP contribution in [0, 0.1) is 0 Å². The van der Waals surface area contributed by atoms with Gasteiger partial charge in [-0.15, -0.1) is 0 Å². The van der Waals surface area contributed by atoms with E-state index < -0.39 is 0 Å². The van der Waals surface area contributed by atoms with Crippen molar-refractivity contribution in [2.45, 2.75) is 44.6 Å². The molecule has 0 spiro atoms. The second-order valence-electron chi connectivity index (χ2n) is 7.21. The number of halogens is 1. The van der Waals surface area contributed by atoms with Gasteiger partial charge in [0.05, 0.1) is 0 Å². The quantitative estimate of drug-likeness (QED) is 0.710. The molecule has 26 heavy (non-hydrogen) atoms. The van der Waals surface area contributed by atoms with Crippen molar-refractivity contribution >= 4 is 17.5 Å². The van der Waals surface area contributed by atoms with Crippen LogP contribution in [0.2, 0.25) is 5.02 Å². The molecule has 1 aromatic carbocycles. The summed E-state index contributed by atoms with van der Waals surface area (Å²) < 4.78 is 0. The Bertz CT molecular complexity index is 831. The first kappa shape index (κ1) is 17.3. The van der Waals surface area contributed by atoms with Gasteiger partial charge in [0, 0.05) is 42.0 Å². The van der Waals surface area contributed by atoms with Gasteiger partial charge in [-0.3, -0.25) is 9.78 Å². The molecule has 1 saturated heterocycles. The number of hydrogen-bond acceptors (Lipinski definition) is 2. The number of hydrogen-bond donors (Lipinski definition) is 0. The molecule has 1 aliphatic heterocycles. The summed E-state index contributed by atoms with van der Waals surface area (Å²) in [6.07, 6.45) is 11.7. The summed E-state index contributed by atoms with van der Waals surface area (Å²) in [5.41, 5.74) is 4.71. The highest BCUT2D eigenvalue weighted by Gasteiger charge is 2.29. The smallest absolute Gasteiger partial charge is 0.222 e. The number of amides is 1. The minimum absolute atomic E-state index is 0.329. The lowest BCUT2D eigenvalue weighted by Gasteiger charge is -2.31. The van der Waals surface area contributed by atoms with Crippen LogP contribution in [0.1, 0.15) is 37.7 Å². The third-order valence-corrected chi connectivity index (χ3v) is 5.80. The molecule has 0 radical (unpaired) electrons. The standard InChI is InChI=1S/C22H23ClN2O/c23-21-14-17(19-5-2-10-24-15-19)8-9-18(21)12-16-4-1-6-20(13-16)25-11-3-7-22(25)26/h2,4-5,8-10,14-15,20H,1,3,6-7,11-13H2. The number of carbonyl (C=O) groups is 1. The molecule has 2 heterocycles. The zero-order valence-corrected chi connectivity index (χ0v) is 15.6. The Balaban J connectivity index is 1.47. The summed E-state index contributed by atoms with van der Waals surface area (Å²) in [7, 11) is 0. The number of rotatable bonds is 4. The second-order valence-corrected chi connectivity index (χ2v) is 7.62. The third-order valence-electron chi connectivity index (χ3n) is 5.45. The van der Waals surface area contributed by atoms with Crippen LogP contribution in [0.5, 0.6) is 0 Å². The lowest BCUT2D eigenvalue weighted by Crippen LogP contribution is -2.37. The van der Waals surface area contributed by atoms with E-state index in [1.54, 1.807) is 6.20 Å². The number of aromatic nitrogens is 1. The minimum Gasteiger partial charge on any atom is -0.339 e. The van der Waals surface area contributed by atoms with Gasteiger partial charge in [0.2, 0.25) is 5.91 Å². The molecule has 1 aromatic heterocycles. The van der Waals surface area contributed by atoms with Gasteiger partial charge >= 0.3 is 0 Å². The van der Waals surface area contributed by atoms with Crippen LogP contribution < -0.4 is 0 Å². The molecule has 1 unspecified atom stereocenters. The molecule has 1 amide bonds. The predicted molar refractivity (Wildman–Crippen MR) is 105 cm³/mol. The molecule has 0 bridgehead atoms. The highest BCUT2D eigenvalue weighted by Crippen LogP contribution is 2.31. The molecule has 2 aliphatic rings. The van der Waals surface area contributed by atoms with Crippen LogP contribution in [0.25, 0.3) is 11.1 Å². The van der Waals surface area contributed by atoms with Gasteiger partial charge in [-0.25, -0.2) is 0 Å². The topological polar surface area (TPSA) is 33.2 Å². The van der Waals surface area contributed by atoms with Gasteiger partial charge in [-0.1, -0.05) is 41.4 Å². The van der Waals surface area contributed by atoms with Crippen molar-refractivity contribution in [1.82, 2.24) is 9.88 Å².